The Balaban J connectivity index is 0.00000121. The summed E-state index contributed by atoms with van der Waals surface area (Å²) < 4.78 is 0. The van der Waals surface area contributed by atoms with Crippen molar-refractivity contribution in [3.63, 3.8) is 0 Å². The molecular weight excluding hydrogens is 180 g/mol. The lowest BCUT2D eigenvalue weighted by molar-refractivity contribution is -0.400. The van der Waals surface area contributed by atoms with Gasteiger partial charge in [0.1, 0.15) is 0 Å². The molecule has 0 amide bonds. The van der Waals surface area contributed by atoms with Gasteiger partial charge in [0.25, 0.3) is 0 Å². The quantitative estimate of drug-likeness (QED) is 0.522. The molecule has 0 aliphatic rings. The molecule has 0 aliphatic carbocycles. The van der Waals surface area contributed by atoms with Gasteiger partial charge in [-0.05, 0) is 11.6 Å². The second-order valence-corrected chi connectivity index (χ2v) is 1.89. The number of aromatic nitrogens is 1. The average Bonchev–Trinajstić information content (AvgIpc) is 2.03. The van der Waals surface area contributed by atoms with Crippen LogP contribution in [0.4, 0.5) is 0 Å². The van der Waals surface area contributed by atoms with Gasteiger partial charge in [0.2, 0.25) is 6.20 Å². The molecule has 0 fully saturated rings. The van der Waals surface area contributed by atoms with E-state index in [0.29, 0.717) is 0 Å². The normalized spacial score (nSPS) is 9.33. The lowest BCUT2D eigenvalue weighted by Crippen LogP contribution is -1.82. The first kappa shape index (κ1) is 10.6. The minimum Gasteiger partial charge on any atom is -0.264 e. The fourth-order valence-corrected chi connectivity index (χ4v) is 0.621. The van der Waals surface area contributed by atoms with Crippen LogP contribution in [0.25, 0.3) is 6.08 Å². The van der Waals surface area contributed by atoms with Gasteiger partial charge < -0.3 is 0 Å². The van der Waals surface area contributed by atoms with E-state index in [-0.39, 0.29) is 12.4 Å². The summed E-state index contributed by atoms with van der Waals surface area (Å²) in [6.45, 7) is 0. The molecule has 12 heavy (non-hydrogen) atoms. The monoisotopic (exact) mass is 186 g/mol. The summed E-state index contributed by atoms with van der Waals surface area (Å²) in [6.07, 6.45) is 5.45. The second-order valence-electron chi connectivity index (χ2n) is 1.89. The van der Waals surface area contributed by atoms with Crippen LogP contribution in [-0.4, -0.2) is 9.91 Å². The summed E-state index contributed by atoms with van der Waals surface area (Å²) in [4.78, 5) is 13.2. The molecule has 0 aliphatic heterocycles. The largest absolute Gasteiger partial charge is 0.264 e. The highest BCUT2D eigenvalue weighted by atomic mass is 35.5. The predicted molar refractivity (Wildman–Crippen MR) is 47.5 cm³/mol. The number of rotatable bonds is 2. The third kappa shape index (κ3) is 3.68. The summed E-state index contributed by atoms with van der Waals surface area (Å²) in [5.74, 6) is 0. The van der Waals surface area contributed by atoms with Gasteiger partial charge in [-0.25, -0.2) is 0 Å². The Hall–Kier alpha value is -1.42. The van der Waals surface area contributed by atoms with E-state index >= 15 is 0 Å². The molecular formula is C7H7ClN2O2. The maximum absolute atomic E-state index is 9.87. The Morgan fingerprint density at radius 3 is 2.83 bits per heavy atom. The van der Waals surface area contributed by atoms with Crippen LogP contribution >= 0.6 is 12.4 Å². The lowest BCUT2D eigenvalue weighted by Gasteiger charge is -1.85. The summed E-state index contributed by atoms with van der Waals surface area (Å²) in [7, 11) is 0. The summed E-state index contributed by atoms with van der Waals surface area (Å²) in [6, 6.07) is 3.46. The molecule has 0 unspecified atom stereocenters. The highest BCUT2D eigenvalue weighted by Gasteiger charge is 1.87. The van der Waals surface area contributed by atoms with Crippen LogP contribution in [-0.2, 0) is 0 Å². The first-order valence-electron chi connectivity index (χ1n) is 3.01. The Morgan fingerprint density at radius 1 is 1.58 bits per heavy atom. The van der Waals surface area contributed by atoms with E-state index in [1.54, 1.807) is 24.5 Å². The van der Waals surface area contributed by atoms with E-state index in [2.05, 4.69) is 4.98 Å². The van der Waals surface area contributed by atoms with Crippen LogP contribution in [0, 0.1) is 10.1 Å². The molecule has 64 valence electrons. The maximum atomic E-state index is 9.87. The van der Waals surface area contributed by atoms with Gasteiger partial charge in [0, 0.05) is 18.5 Å². The van der Waals surface area contributed by atoms with E-state index < -0.39 is 4.92 Å². The SMILES string of the molecule is Cl.O=[N+]([O-])/C=C/c1cccnc1. The van der Waals surface area contributed by atoms with Crippen LogP contribution in [0.3, 0.4) is 0 Å². The lowest BCUT2D eigenvalue weighted by atomic mass is 10.3. The fraction of sp³-hybridized carbons (Fsp3) is 0. The zero-order chi connectivity index (χ0) is 8.10. The Bertz CT molecular complexity index is 274. The van der Waals surface area contributed by atoms with Crippen molar-refractivity contribution in [2.24, 2.45) is 0 Å². The van der Waals surface area contributed by atoms with Gasteiger partial charge in [-0.3, -0.25) is 15.1 Å². The number of hydrogen-bond donors (Lipinski definition) is 0. The molecule has 0 atom stereocenters. The molecule has 4 nitrogen and oxygen atoms in total. The first-order chi connectivity index (χ1) is 5.29. The van der Waals surface area contributed by atoms with Gasteiger partial charge in [-0.2, -0.15) is 0 Å². The Morgan fingerprint density at radius 2 is 2.33 bits per heavy atom. The van der Waals surface area contributed by atoms with E-state index in [1.165, 1.54) is 6.08 Å². The molecule has 0 spiro atoms. The van der Waals surface area contributed by atoms with Gasteiger partial charge in [-0.1, -0.05) is 6.07 Å². The predicted octanol–water partition coefficient (Wildman–Crippen LogP) is 1.75. The smallest absolute Gasteiger partial charge is 0.235 e. The van der Waals surface area contributed by atoms with E-state index in [0.717, 1.165) is 11.8 Å². The molecule has 0 aromatic carbocycles. The van der Waals surface area contributed by atoms with E-state index in [1.807, 2.05) is 0 Å². The molecule has 0 saturated heterocycles. The third-order valence-corrected chi connectivity index (χ3v) is 1.07. The summed E-state index contributed by atoms with van der Waals surface area (Å²) >= 11 is 0. The highest BCUT2D eigenvalue weighted by molar-refractivity contribution is 5.85. The topological polar surface area (TPSA) is 56.0 Å². The van der Waals surface area contributed by atoms with Crippen LogP contribution < -0.4 is 0 Å². The molecule has 0 N–H and O–H groups in total. The van der Waals surface area contributed by atoms with Gasteiger partial charge in [0.05, 0.1) is 4.92 Å². The zero-order valence-electron chi connectivity index (χ0n) is 6.08. The number of hydrogen-bond acceptors (Lipinski definition) is 3. The van der Waals surface area contributed by atoms with Crippen molar-refractivity contribution in [3.05, 3.63) is 46.4 Å². The fourth-order valence-electron chi connectivity index (χ4n) is 0.621. The third-order valence-electron chi connectivity index (χ3n) is 1.07. The first-order valence-corrected chi connectivity index (χ1v) is 3.01. The summed E-state index contributed by atoms with van der Waals surface area (Å²) in [5.41, 5.74) is 0.726. The van der Waals surface area contributed by atoms with Crippen molar-refractivity contribution in [2.75, 3.05) is 0 Å². The molecule has 1 aromatic rings. The maximum Gasteiger partial charge on any atom is 0.235 e. The zero-order valence-corrected chi connectivity index (χ0v) is 6.90. The van der Waals surface area contributed by atoms with E-state index in [9.17, 15) is 10.1 Å². The van der Waals surface area contributed by atoms with Gasteiger partial charge >= 0.3 is 0 Å². The highest BCUT2D eigenvalue weighted by Crippen LogP contribution is 1.97. The molecule has 0 saturated carbocycles. The van der Waals surface area contributed by atoms with Crippen LogP contribution in [0.2, 0.25) is 0 Å². The van der Waals surface area contributed by atoms with Crippen molar-refractivity contribution >= 4 is 18.5 Å². The Kier molecular flexibility index (Phi) is 4.64. The molecule has 1 aromatic heterocycles. The number of nitro groups is 1. The van der Waals surface area contributed by atoms with Crippen LogP contribution in [0.5, 0.6) is 0 Å². The average molecular weight is 187 g/mol. The molecule has 1 heterocycles. The minimum absolute atomic E-state index is 0. The van der Waals surface area contributed by atoms with Crippen molar-refractivity contribution in [1.82, 2.24) is 4.98 Å². The van der Waals surface area contributed by atoms with Crippen molar-refractivity contribution in [3.8, 4) is 0 Å². The van der Waals surface area contributed by atoms with Gasteiger partial charge in [-0.15, -0.1) is 12.4 Å². The molecule has 0 bridgehead atoms. The van der Waals surface area contributed by atoms with Crippen molar-refractivity contribution < 1.29 is 4.92 Å². The standard InChI is InChI=1S/C7H6N2O2.ClH/c10-9(11)5-3-7-2-1-4-8-6-7;/h1-6H;1H/b5-3+;. The number of pyridine rings is 1. The van der Waals surface area contributed by atoms with Crippen molar-refractivity contribution in [1.29, 1.82) is 0 Å². The van der Waals surface area contributed by atoms with Crippen LogP contribution in [0.1, 0.15) is 5.56 Å². The minimum atomic E-state index is -0.507. The number of halogens is 1. The van der Waals surface area contributed by atoms with Crippen molar-refractivity contribution in [2.45, 2.75) is 0 Å². The summed E-state index contributed by atoms with van der Waals surface area (Å²) in [5, 5.41) is 9.87. The Labute approximate surface area is 75.5 Å². The molecule has 5 heteroatoms. The van der Waals surface area contributed by atoms with E-state index in [4.69, 9.17) is 0 Å². The molecule has 1 rings (SSSR count). The number of nitrogens with zero attached hydrogens (tertiary/aromatic N) is 2. The second kappa shape index (κ2) is 5.26. The van der Waals surface area contributed by atoms with Crippen LogP contribution in [0.15, 0.2) is 30.7 Å². The van der Waals surface area contributed by atoms with Gasteiger partial charge in [0.15, 0.2) is 0 Å². The molecule has 0 radical (unpaired) electrons.